The SMILES string of the molecule is CCCCCCCCCC=[CH][SbH2]. The molecular formula is C11H23Sb. The molecule has 0 heterocycles. The summed E-state index contributed by atoms with van der Waals surface area (Å²) in [6, 6.07) is 0. The van der Waals surface area contributed by atoms with Crippen molar-refractivity contribution in [2.24, 2.45) is 0 Å². The van der Waals surface area contributed by atoms with Crippen LogP contribution in [-0.2, 0) is 0 Å². The third-order valence-corrected chi connectivity index (χ3v) is 2.89. The molecule has 0 N–H and O–H groups in total. The van der Waals surface area contributed by atoms with E-state index >= 15 is 0 Å². The normalized spacial score (nSPS) is 11.2. The summed E-state index contributed by atoms with van der Waals surface area (Å²) >= 11 is 1.28. The Kier molecular flexibility index (Phi) is 12.1. The van der Waals surface area contributed by atoms with Gasteiger partial charge in [-0.2, -0.15) is 0 Å². The maximum absolute atomic E-state index is 2.33. The van der Waals surface area contributed by atoms with Gasteiger partial charge in [0, 0.05) is 0 Å². The topological polar surface area (TPSA) is 0 Å². The fourth-order valence-electron chi connectivity index (χ4n) is 1.32. The predicted molar refractivity (Wildman–Crippen MR) is 60.3 cm³/mol. The van der Waals surface area contributed by atoms with Crippen LogP contribution in [0.3, 0.4) is 0 Å². The van der Waals surface area contributed by atoms with Crippen LogP contribution < -0.4 is 0 Å². The summed E-state index contributed by atoms with van der Waals surface area (Å²) in [7, 11) is 0. The van der Waals surface area contributed by atoms with Gasteiger partial charge < -0.3 is 0 Å². The average Bonchev–Trinajstić information content (AvgIpc) is 2.10. The number of allylic oxidation sites excluding steroid dienone is 1. The van der Waals surface area contributed by atoms with Crippen LogP contribution in [0.2, 0.25) is 0 Å². The molecule has 72 valence electrons. The van der Waals surface area contributed by atoms with Crippen molar-refractivity contribution in [1.29, 1.82) is 0 Å². The monoisotopic (exact) mass is 276 g/mol. The van der Waals surface area contributed by atoms with E-state index in [1.54, 1.807) is 0 Å². The Hall–Kier alpha value is 0.558. The Balaban J connectivity index is 2.81. The van der Waals surface area contributed by atoms with Crippen LogP contribution in [0, 0.1) is 0 Å². The average molecular weight is 277 g/mol. The molecule has 0 saturated heterocycles. The first-order chi connectivity index (χ1) is 5.91. The number of hydrogen-bond acceptors (Lipinski definition) is 0. The molecule has 0 aromatic heterocycles. The Morgan fingerprint density at radius 3 is 2.08 bits per heavy atom. The Morgan fingerprint density at radius 1 is 0.917 bits per heavy atom. The van der Waals surface area contributed by atoms with Crippen molar-refractivity contribution >= 4 is 23.0 Å². The van der Waals surface area contributed by atoms with E-state index in [0.717, 1.165) is 0 Å². The molecule has 0 aliphatic heterocycles. The van der Waals surface area contributed by atoms with E-state index in [4.69, 9.17) is 0 Å². The Labute approximate surface area is 91.3 Å². The van der Waals surface area contributed by atoms with E-state index in [2.05, 4.69) is 17.0 Å². The third kappa shape index (κ3) is 10.6. The van der Waals surface area contributed by atoms with Crippen molar-refractivity contribution < 1.29 is 0 Å². The number of rotatable bonds is 8. The second kappa shape index (κ2) is 11.6. The first-order valence-corrected chi connectivity index (χ1v) is 7.18. The molecule has 0 aromatic carbocycles. The van der Waals surface area contributed by atoms with Gasteiger partial charge in [-0.15, -0.1) is 0 Å². The fourth-order valence-corrected chi connectivity index (χ4v) is 1.86. The van der Waals surface area contributed by atoms with E-state index in [1.165, 1.54) is 74.4 Å². The number of hydrogen-bond donors (Lipinski definition) is 0. The second-order valence-electron chi connectivity index (χ2n) is 3.34. The van der Waals surface area contributed by atoms with Gasteiger partial charge >= 0.3 is 91.4 Å². The summed E-state index contributed by atoms with van der Waals surface area (Å²) in [4.78, 5) is 0. The zero-order valence-electron chi connectivity index (χ0n) is 8.39. The predicted octanol–water partition coefficient (Wildman–Crippen LogP) is 3.27. The minimum absolute atomic E-state index is 1.28. The van der Waals surface area contributed by atoms with Gasteiger partial charge in [-0.3, -0.25) is 0 Å². The molecule has 0 atom stereocenters. The summed E-state index contributed by atoms with van der Waals surface area (Å²) in [6.07, 6.45) is 13.6. The van der Waals surface area contributed by atoms with Gasteiger partial charge in [0.05, 0.1) is 0 Å². The Bertz CT molecular complexity index is 97.2. The molecule has 0 saturated carbocycles. The molecule has 0 bridgehead atoms. The molecule has 0 spiro atoms. The molecule has 0 aliphatic rings. The first kappa shape index (κ1) is 12.6. The fraction of sp³-hybridized carbons (Fsp3) is 0.818. The third-order valence-electron chi connectivity index (χ3n) is 2.11. The molecular weight excluding hydrogens is 254 g/mol. The first-order valence-electron chi connectivity index (χ1n) is 5.28. The van der Waals surface area contributed by atoms with Crippen molar-refractivity contribution in [3.8, 4) is 0 Å². The van der Waals surface area contributed by atoms with E-state index in [0.29, 0.717) is 0 Å². The van der Waals surface area contributed by atoms with Crippen molar-refractivity contribution in [2.75, 3.05) is 0 Å². The molecule has 0 radical (unpaired) electrons. The van der Waals surface area contributed by atoms with Crippen molar-refractivity contribution in [3.05, 3.63) is 10.1 Å². The molecule has 0 rings (SSSR count). The summed E-state index contributed by atoms with van der Waals surface area (Å²) in [5, 5.41) is 0. The van der Waals surface area contributed by atoms with Crippen LogP contribution in [0.15, 0.2) is 10.1 Å². The maximum atomic E-state index is 2.33. The molecule has 0 nitrogen and oxygen atoms in total. The van der Waals surface area contributed by atoms with E-state index in [9.17, 15) is 0 Å². The van der Waals surface area contributed by atoms with Gasteiger partial charge in [0.1, 0.15) is 0 Å². The Morgan fingerprint density at radius 2 is 1.50 bits per heavy atom. The van der Waals surface area contributed by atoms with E-state index < -0.39 is 0 Å². The zero-order valence-corrected chi connectivity index (χ0v) is 11.7. The van der Waals surface area contributed by atoms with E-state index in [1.807, 2.05) is 0 Å². The van der Waals surface area contributed by atoms with Gasteiger partial charge in [-0.05, 0) is 0 Å². The van der Waals surface area contributed by atoms with E-state index in [-0.39, 0.29) is 0 Å². The van der Waals surface area contributed by atoms with Crippen LogP contribution in [0.5, 0.6) is 0 Å². The van der Waals surface area contributed by atoms with Crippen LogP contribution in [0.25, 0.3) is 0 Å². The van der Waals surface area contributed by atoms with Crippen molar-refractivity contribution in [3.63, 3.8) is 0 Å². The standard InChI is InChI=1S/C11H21.Sb.2H/c1-3-5-7-9-11-10-8-6-4-2;;;/h1,3H,4-11H2,2H3;;;. The quantitative estimate of drug-likeness (QED) is 0.472. The van der Waals surface area contributed by atoms with Crippen LogP contribution in [0.1, 0.15) is 58.3 Å². The van der Waals surface area contributed by atoms with Crippen LogP contribution in [0.4, 0.5) is 0 Å². The van der Waals surface area contributed by atoms with Crippen LogP contribution in [-0.4, -0.2) is 23.0 Å². The summed E-state index contributed by atoms with van der Waals surface area (Å²) in [5.74, 6) is 0. The van der Waals surface area contributed by atoms with Crippen molar-refractivity contribution in [2.45, 2.75) is 58.3 Å². The molecule has 12 heavy (non-hydrogen) atoms. The molecule has 0 amide bonds. The summed E-state index contributed by atoms with van der Waals surface area (Å²) < 4.78 is 2.28. The summed E-state index contributed by atoms with van der Waals surface area (Å²) in [6.45, 7) is 2.27. The van der Waals surface area contributed by atoms with Gasteiger partial charge in [-0.1, -0.05) is 0 Å². The van der Waals surface area contributed by atoms with Gasteiger partial charge in [0.15, 0.2) is 0 Å². The molecule has 0 unspecified atom stereocenters. The zero-order chi connectivity index (χ0) is 9.07. The van der Waals surface area contributed by atoms with Gasteiger partial charge in [0.2, 0.25) is 0 Å². The molecule has 1 heteroatoms. The van der Waals surface area contributed by atoms with Crippen molar-refractivity contribution in [1.82, 2.24) is 0 Å². The van der Waals surface area contributed by atoms with Gasteiger partial charge in [-0.25, -0.2) is 0 Å². The molecule has 0 aliphatic carbocycles. The summed E-state index contributed by atoms with van der Waals surface area (Å²) in [5.41, 5.74) is 0. The molecule has 0 aromatic rings. The minimum atomic E-state index is 1.28. The molecule has 0 fully saturated rings. The van der Waals surface area contributed by atoms with Gasteiger partial charge in [0.25, 0.3) is 0 Å². The number of unbranched alkanes of at least 4 members (excludes halogenated alkanes) is 7. The second-order valence-corrected chi connectivity index (χ2v) is 4.44. The van der Waals surface area contributed by atoms with Crippen LogP contribution >= 0.6 is 0 Å².